The van der Waals surface area contributed by atoms with Crippen LogP contribution in [0.15, 0.2) is 53.3 Å². The Morgan fingerprint density at radius 2 is 1.91 bits per heavy atom. The Morgan fingerprint density at radius 3 is 2.64 bits per heavy atom. The van der Waals surface area contributed by atoms with Gasteiger partial charge in [-0.2, -0.15) is 0 Å². The van der Waals surface area contributed by atoms with Crippen molar-refractivity contribution in [1.29, 1.82) is 0 Å². The Hall–Kier alpha value is -3.08. The average Bonchev–Trinajstić information content (AvgIpc) is 2.55. The van der Waals surface area contributed by atoms with E-state index in [2.05, 4.69) is 9.97 Å². The molecule has 3 aromatic rings. The molecule has 22 heavy (non-hydrogen) atoms. The molecule has 0 radical (unpaired) electrons. The number of rotatable bonds is 3. The monoisotopic (exact) mass is 294 g/mol. The second-order valence-corrected chi connectivity index (χ2v) is 4.73. The van der Waals surface area contributed by atoms with Gasteiger partial charge in [-0.1, -0.05) is 12.1 Å². The normalized spacial score (nSPS) is 11.6. The van der Waals surface area contributed by atoms with Gasteiger partial charge in [-0.05, 0) is 36.4 Å². The smallest absolute Gasteiger partial charge is 0.274 e. The van der Waals surface area contributed by atoms with Crippen LogP contribution in [0.1, 0.15) is 11.3 Å². The van der Waals surface area contributed by atoms with Crippen LogP contribution < -0.4 is 10.3 Å². The van der Waals surface area contributed by atoms with Crippen molar-refractivity contribution in [1.82, 2.24) is 9.97 Å². The minimum absolute atomic E-state index is 0.0315. The van der Waals surface area contributed by atoms with Gasteiger partial charge >= 0.3 is 0 Å². The first kappa shape index (κ1) is 13.9. The number of nitrogens with one attached hydrogen (secondary N) is 1. The SMILES string of the molecule is COc1ccc(C(O)=Cc2nc3ccccc3[nH]c2=O)cc1. The molecule has 0 atom stereocenters. The lowest BCUT2D eigenvalue weighted by Gasteiger charge is -2.03. The van der Waals surface area contributed by atoms with Gasteiger partial charge in [0.05, 0.1) is 18.1 Å². The molecule has 1 heterocycles. The number of ether oxygens (including phenoxy) is 1. The first-order valence-corrected chi connectivity index (χ1v) is 6.71. The molecular weight excluding hydrogens is 280 g/mol. The number of aliphatic hydroxyl groups is 1. The van der Waals surface area contributed by atoms with Crippen LogP contribution in [0.5, 0.6) is 5.75 Å². The lowest BCUT2D eigenvalue weighted by molar-refractivity contribution is 0.414. The van der Waals surface area contributed by atoms with E-state index in [0.29, 0.717) is 22.3 Å². The number of para-hydroxylation sites is 2. The molecule has 0 spiro atoms. The van der Waals surface area contributed by atoms with E-state index in [1.165, 1.54) is 6.08 Å². The number of fused-ring (bicyclic) bond motifs is 1. The summed E-state index contributed by atoms with van der Waals surface area (Å²) in [5, 5.41) is 10.2. The van der Waals surface area contributed by atoms with E-state index in [1.807, 2.05) is 12.1 Å². The van der Waals surface area contributed by atoms with Crippen LogP contribution in [0, 0.1) is 0 Å². The summed E-state index contributed by atoms with van der Waals surface area (Å²) < 4.78 is 5.07. The molecule has 0 aliphatic heterocycles. The molecule has 0 aliphatic carbocycles. The third-order valence-electron chi connectivity index (χ3n) is 3.29. The van der Waals surface area contributed by atoms with Crippen molar-refractivity contribution >= 4 is 22.9 Å². The highest BCUT2D eigenvalue weighted by atomic mass is 16.5. The van der Waals surface area contributed by atoms with Gasteiger partial charge < -0.3 is 14.8 Å². The maximum atomic E-state index is 12.0. The predicted molar refractivity (Wildman–Crippen MR) is 85.9 cm³/mol. The summed E-state index contributed by atoms with van der Waals surface area (Å²) in [6, 6.07) is 14.1. The molecule has 2 N–H and O–H groups in total. The summed E-state index contributed by atoms with van der Waals surface area (Å²) in [4.78, 5) is 19.0. The standard InChI is InChI=1S/C17H14N2O3/c1-22-12-8-6-11(7-9-12)16(20)10-15-17(21)19-14-5-3-2-4-13(14)18-15/h2-10,20H,1H3,(H,19,21). The van der Waals surface area contributed by atoms with Crippen molar-refractivity contribution in [2.24, 2.45) is 0 Å². The molecular formula is C17H14N2O3. The maximum absolute atomic E-state index is 12.0. The second-order valence-electron chi connectivity index (χ2n) is 4.73. The first-order valence-electron chi connectivity index (χ1n) is 6.71. The molecule has 0 unspecified atom stereocenters. The van der Waals surface area contributed by atoms with Crippen molar-refractivity contribution < 1.29 is 9.84 Å². The molecule has 3 rings (SSSR count). The fraction of sp³-hybridized carbons (Fsp3) is 0.0588. The summed E-state index contributed by atoms with van der Waals surface area (Å²) in [6.07, 6.45) is 1.35. The topological polar surface area (TPSA) is 75.2 Å². The molecule has 0 amide bonds. The summed E-state index contributed by atoms with van der Waals surface area (Å²) in [5.74, 6) is 0.661. The number of aromatic nitrogens is 2. The van der Waals surface area contributed by atoms with Gasteiger partial charge in [0.25, 0.3) is 5.56 Å². The van der Waals surface area contributed by atoms with Crippen LogP contribution in [0.25, 0.3) is 22.9 Å². The number of methoxy groups -OCH3 is 1. The van der Waals surface area contributed by atoms with E-state index in [1.54, 1.807) is 43.5 Å². The largest absolute Gasteiger partial charge is 0.507 e. The van der Waals surface area contributed by atoms with Crippen LogP contribution in [-0.4, -0.2) is 22.2 Å². The van der Waals surface area contributed by atoms with Crippen molar-refractivity contribution in [3.05, 3.63) is 70.1 Å². The summed E-state index contributed by atoms with van der Waals surface area (Å²) in [5.41, 5.74) is 1.71. The van der Waals surface area contributed by atoms with Crippen LogP contribution in [0.3, 0.4) is 0 Å². The lowest BCUT2D eigenvalue weighted by atomic mass is 10.1. The molecule has 5 heteroatoms. The van der Waals surface area contributed by atoms with E-state index in [4.69, 9.17) is 4.74 Å². The number of H-pyrrole nitrogens is 1. The van der Waals surface area contributed by atoms with Gasteiger partial charge in [0, 0.05) is 11.6 Å². The molecule has 0 bridgehead atoms. The zero-order valence-corrected chi connectivity index (χ0v) is 11.9. The quantitative estimate of drug-likeness (QED) is 0.728. The second kappa shape index (κ2) is 5.73. The van der Waals surface area contributed by atoms with Gasteiger partial charge in [0.1, 0.15) is 17.2 Å². The number of hydrogen-bond donors (Lipinski definition) is 2. The Labute approximate surface area is 126 Å². The van der Waals surface area contributed by atoms with E-state index in [0.717, 1.165) is 0 Å². The zero-order chi connectivity index (χ0) is 15.5. The van der Waals surface area contributed by atoms with Gasteiger partial charge in [-0.25, -0.2) is 4.98 Å². The zero-order valence-electron chi connectivity index (χ0n) is 11.9. The highest BCUT2D eigenvalue weighted by Crippen LogP contribution is 2.18. The third kappa shape index (κ3) is 2.69. The Bertz CT molecular complexity index is 896. The van der Waals surface area contributed by atoms with Gasteiger partial charge in [-0.3, -0.25) is 4.79 Å². The van der Waals surface area contributed by atoms with Crippen molar-refractivity contribution in [3.63, 3.8) is 0 Å². The molecule has 0 saturated heterocycles. The molecule has 2 aromatic carbocycles. The van der Waals surface area contributed by atoms with E-state index in [9.17, 15) is 9.90 Å². The maximum Gasteiger partial charge on any atom is 0.274 e. The Morgan fingerprint density at radius 1 is 1.18 bits per heavy atom. The third-order valence-corrected chi connectivity index (χ3v) is 3.29. The lowest BCUT2D eigenvalue weighted by Crippen LogP contribution is -2.12. The van der Waals surface area contributed by atoms with E-state index in [-0.39, 0.29) is 17.0 Å². The van der Waals surface area contributed by atoms with E-state index >= 15 is 0 Å². The molecule has 0 aliphatic rings. The van der Waals surface area contributed by atoms with Crippen molar-refractivity contribution in [3.8, 4) is 5.75 Å². The van der Waals surface area contributed by atoms with Gasteiger partial charge in [-0.15, -0.1) is 0 Å². The fourth-order valence-corrected chi connectivity index (χ4v) is 2.12. The summed E-state index contributed by atoms with van der Waals surface area (Å²) in [6.45, 7) is 0. The molecule has 110 valence electrons. The minimum atomic E-state index is -0.348. The molecule has 0 saturated carbocycles. The number of aromatic amines is 1. The van der Waals surface area contributed by atoms with Crippen molar-refractivity contribution in [2.75, 3.05) is 7.11 Å². The molecule has 1 aromatic heterocycles. The summed E-state index contributed by atoms with van der Waals surface area (Å²) >= 11 is 0. The highest BCUT2D eigenvalue weighted by Gasteiger charge is 2.05. The van der Waals surface area contributed by atoms with Gasteiger partial charge in [0.2, 0.25) is 0 Å². The summed E-state index contributed by atoms with van der Waals surface area (Å²) in [7, 11) is 1.57. The Kier molecular flexibility index (Phi) is 3.62. The number of aliphatic hydroxyl groups excluding tert-OH is 1. The molecule has 5 nitrogen and oxygen atoms in total. The van der Waals surface area contributed by atoms with Gasteiger partial charge in [0.15, 0.2) is 0 Å². The first-order chi connectivity index (χ1) is 10.7. The highest BCUT2D eigenvalue weighted by molar-refractivity contribution is 5.79. The predicted octanol–water partition coefficient (Wildman–Crippen LogP) is 2.99. The van der Waals surface area contributed by atoms with Crippen LogP contribution in [-0.2, 0) is 0 Å². The fourth-order valence-electron chi connectivity index (χ4n) is 2.12. The van der Waals surface area contributed by atoms with Crippen LogP contribution in [0.4, 0.5) is 0 Å². The molecule has 0 fully saturated rings. The Balaban J connectivity index is 2.02. The number of benzene rings is 2. The van der Waals surface area contributed by atoms with Crippen LogP contribution in [0.2, 0.25) is 0 Å². The van der Waals surface area contributed by atoms with E-state index < -0.39 is 0 Å². The minimum Gasteiger partial charge on any atom is -0.507 e. The average molecular weight is 294 g/mol. The van der Waals surface area contributed by atoms with Crippen LogP contribution >= 0.6 is 0 Å². The number of nitrogens with zero attached hydrogens (tertiary/aromatic N) is 1. The number of hydrogen-bond acceptors (Lipinski definition) is 4. The van der Waals surface area contributed by atoms with Crippen molar-refractivity contribution in [2.45, 2.75) is 0 Å².